The van der Waals surface area contributed by atoms with Gasteiger partial charge in [-0.05, 0) is 0 Å². The summed E-state index contributed by atoms with van der Waals surface area (Å²) >= 11 is -1.26. The molecule has 0 spiro atoms. The van der Waals surface area contributed by atoms with Crippen molar-refractivity contribution in [3.05, 3.63) is 0 Å². The summed E-state index contributed by atoms with van der Waals surface area (Å²) in [5.41, 5.74) is 0. The van der Waals surface area contributed by atoms with Crippen LogP contribution in [0.1, 0.15) is 0 Å². The molecule has 1 fully saturated rings. The molecule has 0 saturated carbocycles. The third-order valence-electron chi connectivity index (χ3n) is 0.499. The molecule has 0 atom stereocenters. The number of rotatable bonds is 0. The number of alkyl halides is 4. The molecule has 15 heavy (non-hydrogen) atoms. The molecule has 1 aliphatic rings. The van der Waals surface area contributed by atoms with Gasteiger partial charge in [0.25, 0.3) is 27.2 Å². The Balaban J connectivity index is -0.0000000650. The molecular weight excluding hydrogens is 268 g/mol. The van der Waals surface area contributed by atoms with Crippen LogP contribution in [0.5, 0.6) is 0 Å². The van der Waals surface area contributed by atoms with Crippen LogP contribution in [-0.2, 0) is 34.1 Å². The van der Waals surface area contributed by atoms with Crippen LogP contribution in [0.3, 0.4) is 0 Å². The van der Waals surface area contributed by atoms with E-state index < -0.39 is 24.6 Å². The molecule has 0 aliphatic carbocycles. The van der Waals surface area contributed by atoms with Gasteiger partial charge in [-0.1, -0.05) is 0 Å². The van der Waals surface area contributed by atoms with E-state index >= 15 is 0 Å². The minimum atomic E-state index is -3.69. The van der Waals surface area contributed by atoms with Crippen molar-refractivity contribution in [2.45, 2.75) is 9.64 Å². The first-order chi connectivity index (χ1) is 6.96. The molecule has 0 bridgehead atoms. The molecule has 0 aromatic heterocycles. The van der Waals surface area contributed by atoms with Gasteiger partial charge < -0.3 is 0 Å². The maximum absolute atomic E-state index is 11.2. The standard InChI is InChI=1S/C2F4.4CO.Fe/c3-1(4)2(5)6;4*1-2;. The Kier molecular flexibility index (Phi) is 20.3. The second kappa shape index (κ2) is 12.9. The third-order valence-corrected chi connectivity index (χ3v) is 1.61. The fourth-order valence-corrected chi connectivity index (χ4v) is 0.484. The predicted molar refractivity (Wildman–Crippen MR) is 32.7 cm³/mol. The predicted octanol–water partition coefficient (Wildman–Crippen LogP) is -0.320. The molecule has 0 unspecified atom stereocenters. The van der Waals surface area contributed by atoms with E-state index in [9.17, 15) is 17.6 Å². The van der Waals surface area contributed by atoms with E-state index in [0.29, 0.717) is 0 Å². The van der Waals surface area contributed by atoms with Crippen molar-refractivity contribution in [2.75, 3.05) is 0 Å². The molecule has 9 heteroatoms. The summed E-state index contributed by atoms with van der Waals surface area (Å²) in [7, 11) is 0. The topological polar surface area (TPSA) is 68.3 Å². The molecule has 8 radical (unpaired) electrons. The summed E-state index contributed by atoms with van der Waals surface area (Å²) in [6.45, 7) is 18.0. The zero-order chi connectivity index (χ0) is 13.7. The SMILES string of the molecule is F[C]1(F)[Fe][C]1(F)F.[C]=O.[C]=O.[C]=O.[C]=O. The first kappa shape index (κ1) is 23.6. The Morgan fingerprint density at radius 3 is 0.667 bits per heavy atom. The summed E-state index contributed by atoms with van der Waals surface area (Å²) in [6.07, 6.45) is 0. The van der Waals surface area contributed by atoms with Gasteiger partial charge in [-0.15, -0.1) is 0 Å². The largest absolute Gasteiger partial charge is 0.281 e. The van der Waals surface area contributed by atoms with Crippen LogP contribution in [0.15, 0.2) is 0 Å². The van der Waals surface area contributed by atoms with E-state index in [1.807, 2.05) is 0 Å². The summed E-state index contributed by atoms with van der Waals surface area (Å²) < 4.78 is 44.6. The molecule has 4 nitrogen and oxygen atoms in total. The van der Waals surface area contributed by atoms with Crippen LogP contribution in [0, 0.1) is 0 Å². The minimum absolute atomic E-state index is 1.26. The molecule has 84 valence electrons. The summed E-state index contributed by atoms with van der Waals surface area (Å²) in [6, 6.07) is 0. The minimum Gasteiger partial charge on any atom is -0.281 e. The van der Waals surface area contributed by atoms with Gasteiger partial charge in [0.15, 0.2) is 0 Å². The van der Waals surface area contributed by atoms with E-state index in [0.717, 1.165) is 0 Å². The number of hydrogen-bond donors (Lipinski definition) is 0. The smallest absolute Gasteiger partial charge is 0.281 e. The first-order valence-electron chi connectivity index (χ1n) is 2.18. The maximum atomic E-state index is 11.2. The van der Waals surface area contributed by atoms with Crippen LogP contribution in [0.2, 0.25) is 0 Å². The zero-order valence-electron chi connectivity index (χ0n) is 6.50. The Hall–Kier alpha value is -1.08. The van der Waals surface area contributed by atoms with Gasteiger partial charge in [0.2, 0.25) is 0 Å². The summed E-state index contributed by atoms with van der Waals surface area (Å²) in [5.74, 6) is 0. The molecule has 0 amide bonds. The number of halogens is 4. The van der Waals surface area contributed by atoms with Crippen molar-refractivity contribution in [2.24, 2.45) is 0 Å². The first-order valence-corrected chi connectivity index (χ1v) is 3.28. The Labute approximate surface area is 89.2 Å². The van der Waals surface area contributed by atoms with Gasteiger partial charge in [0.05, 0.1) is 0 Å². The zero-order valence-corrected chi connectivity index (χ0v) is 7.60. The second-order valence-corrected chi connectivity index (χ2v) is 2.72. The van der Waals surface area contributed by atoms with Crippen molar-refractivity contribution in [3.8, 4) is 0 Å². The fraction of sp³-hybridized carbons (Fsp3) is 0.333. The van der Waals surface area contributed by atoms with Crippen molar-refractivity contribution in [3.63, 3.8) is 0 Å². The van der Waals surface area contributed by atoms with E-state index in [2.05, 4.69) is 27.2 Å². The third kappa shape index (κ3) is 10.8. The van der Waals surface area contributed by atoms with Gasteiger partial charge in [0, 0.05) is 0 Å². The van der Waals surface area contributed by atoms with E-state index in [-0.39, 0.29) is 0 Å². The van der Waals surface area contributed by atoms with Gasteiger partial charge in [-0.3, -0.25) is 19.2 Å². The van der Waals surface area contributed by atoms with E-state index in [4.69, 9.17) is 19.2 Å². The maximum Gasteiger partial charge on any atom is 0.281 e. The van der Waals surface area contributed by atoms with Crippen LogP contribution < -0.4 is 0 Å². The molecular formula is C6F4FeO4. The van der Waals surface area contributed by atoms with Crippen molar-refractivity contribution < 1.29 is 51.7 Å². The van der Waals surface area contributed by atoms with Crippen LogP contribution in [-0.4, -0.2) is 36.8 Å². The molecule has 0 aromatic rings. The molecule has 1 aliphatic heterocycles. The van der Waals surface area contributed by atoms with Gasteiger partial charge >= 0.3 is 42.2 Å². The monoisotopic (exact) mass is 268 g/mol. The fourth-order valence-electron chi connectivity index (χ4n) is 0.117. The summed E-state index contributed by atoms with van der Waals surface area (Å²) in [5, 5.41) is 0. The molecule has 1 heterocycles. The van der Waals surface area contributed by atoms with Gasteiger partial charge in [0.1, 0.15) is 0 Å². The molecule has 0 N–H and O–H groups in total. The van der Waals surface area contributed by atoms with Gasteiger partial charge in [-0.2, -0.15) is 0 Å². The van der Waals surface area contributed by atoms with Crippen LogP contribution in [0.25, 0.3) is 0 Å². The van der Waals surface area contributed by atoms with E-state index in [1.165, 1.54) is 0 Å². The van der Waals surface area contributed by atoms with Crippen LogP contribution in [0.4, 0.5) is 17.6 Å². The molecule has 1 rings (SSSR count). The number of hydrogen-bond acceptors (Lipinski definition) is 4. The summed E-state index contributed by atoms with van der Waals surface area (Å²) in [4.78, 5) is 22.6. The number of carbonyl (C=O) groups excluding carboxylic acids is 4. The molecule has 1 saturated heterocycles. The quantitative estimate of drug-likeness (QED) is 0.446. The normalized spacial score (nSPS) is 16.8. The molecule has 0 aromatic carbocycles. The Morgan fingerprint density at radius 1 is 0.600 bits per heavy atom. The second-order valence-electron chi connectivity index (χ2n) is 1.05. The average Bonchev–Trinajstić information content (AvgIpc) is 2.74. The van der Waals surface area contributed by atoms with Crippen LogP contribution >= 0.6 is 0 Å². The van der Waals surface area contributed by atoms with Gasteiger partial charge in [-0.25, -0.2) is 0 Å². The Morgan fingerprint density at radius 2 is 0.667 bits per heavy atom. The van der Waals surface area contributed by atoms with Crippen molar-refractivity contribution in [1.29, 1.82) is 0 Å². The van der Waals surface area contributed by atoms with Crippen molar-refractivity contribution >= 4 is 27.2 Å². The van der Waals surface area contributed by atoms with Crippen molar-refractivity contribution in [1.82, 2.24) is 0 Å². The Bertz CT molecular complexity index is 138. The van der Waals surface area contributed by atoms with E-state index in [1.54, 1.807) is 0 Å². The average molecular weight is 268 g/mol.